The predicted molar refractivity (Wildman–Crippen MR) is 80.5 cm³/mol. The number of benzene rings is 2. The van der Waals surface area contributed by atoms with Crippen LogP contribution in [-0.2, 0) is 10.2 Å². The maximum absolute atomic E-state index is 13.0. The first-order valence-electron chi connectivity index (χ1n) is 7.04. The molecule has 1 fully saturated rings. The standard InChI is InChI=1S/C18H19NO/c1-14-13-18(17(20)19(14)2,15-9-5-3-6-10-15)16-11-7-4-8-12-16/h3-12,14H,13H2,1-2H3. The SMILES string of the molecule is CC1CC(c2ccccc2)(c2ccccc2)C(=O)N1C. The number of carbonyl (C=O) groups excluding carboxylic acids is 1. The summed E-state index contributed by atoms with van der Waals surface area (Å²) >= 11 is 0. The van der Waals surface area contributed by atoms with Gasteiger partial charge in [-0.2, -0.15) is 0 Å². The molecular weight excluding hydrogens is 246 g/mol. The Morgan fingerprint density at radius 1 is 0.950 bits per heavy atom. The molecule has 1 aliphatic heterocycles. The second-order valence-electron chi connectivity index (χ2n) is 5.61. The van der Waals surface area contributed by atoms with Crippen LogP contribution in [0.5, 0.6) is 0 Å². The van der Waals surface area contributed by atoms with Crippen molar-refractivity contribution in [2.24, 2.45) is 0 Å². The Bertz CT molecular complexity index is 566. The zero-order chi connectivity index (χ0) is 14.2. The molecule has 0 aromatic heterocycles. The van der Waals surface area contributed by atoms with Crippen LogP contribution in [0.4, 0.5) is 0 Å². The highest BCUT2D eigenvalue weighted by atomic mass is 16.2. The van der Waals surface area contributed by atoms with Crippen molar-refractivity contribution in [3.05, 3.63) is 71.8 Å². The Morgan fingerprint density at radius 3 is 1.75 bits per heavy atom. The van der Waals surface area contributed by atoms with Crippen LogP contribution in [0, 0.1) is 0 Å². The summed E-state index contributed by atoms with van der Waals surface area (Å²) in [6.45, 7) is 2.12. The summed E-state index contributed by atoms with van der Waals surface area (Å²) in [4.78, 5) is 14.8. The summed E-state index contributed by atoms with van der Waals surface area (Å²) < 4.78 is 0. The van der Waals surface area contributed by atoms with Gasteiger partial charge >= 0.3 is 0 Å². The third kappa shape index (κ3) is 1.75. The van der Waals surface area contributed by atoms with Gasteiger partial charge < -0.3 is 4.90 Å². The monoisotopic (exact) mass is 265 g/mol. The van der Waals surface area contributed by atoms with E-state index >= 15 is 0 Å². The smallest absolute Gasteiger partial charge is 0.237 e. The minimum atomic E-state index is -0.531. The van der Waals surface area contributed by atoms with Crippen molar-refractivity contribution in [1.82, 2.24) is 4.90 Å². The molecule has 0 spiro atoms. The molecule has 102 valence electrons. The average molecular weight is 265 g/mol. The number of likely N-dealkylation sites (tertiary alicyclic amines) is 1. The van der Waals surface area contributed by atoms with E-state index in [1.54, 1.807) is 0 Å². The van der Waals surface area contributed by atoms with E-state index in [1.807, 2.05) is 48.3 Å². The lowest BCUT2D eigenvalue weighted by Crippen LogP contribution is -2.37. The van der Waals surface area contributed by atoms with E-state index in [0.717, 1.165) is 17.5 Å². The lowest BCUT2D eigenvalue weighted by atomic mass is 9.72. The Hall–Kier alpha value is -2.09. The van der Waals surface area contributed by atoms with Crippen LogP contribution < -0.4 is 0 Å². The van der Waals surface area contributed by atoms with Gasteiger partial charge in [-0.3, -0.25) is 4.79 Å². The number of nitrogens with zero attached hydrogens (tertiary/aromatic N) is 1. The third-order valence-electron chi connectivity index (χ3n) is 4.48. The molecule has 1 saturated heterocycles. The summed E-state index contributed by atoms with van der Waals surface area (Å²) in [6.07, 6.45) is 0.830. The van der Waals surface area contributed by atoms with Crippen LogP contribution in [0.25, 0.3) is 0 Å². The van der Waals surface area contributed by atoms with E-state index in [9.17, 15) is 4.79 Å². The van der Waals surface area contributed by atoms with E-state index in [0.29, 0.717) is 0 Å². The van der Waals surface area contributed by atoms with Gasteiger partial charge in [-0.15, -0.1) is 0 Å². The molecule has 2 nitrogen and oxygen atoms in total. The highest BCUT2D eigenvalue weighted by Gasteiger charge is 2.50. The molecule has 0 N–H and O–H groups in total. The highest BCUT2D eigenvalue weighted by Crippen LogP contribution is 2.43. The number of rotatable bonds is 2. The van der Waals surface area contributed by atoms with Crippen molar-refractivity contribution >= 4 is 5.91 Å². The van der Waals surface area contributed by atoms with Gasteiger partial charge in [0.25, 0.3) is 0 Å². The number of carbonyl (C=O) groups is 1. The van der Waals surface area contributed by atoms with E-state index < -0.39 is 5.41 Å². The molecule has 0 aliphatic carbocycles. The lowest BCUT2D eigenvalue weighted by Gasteiger charge is -2.28. The minimum Gasteiger partial charge on any atom is -0.342 e. The second-order valence-corrected chi connectivity index (χ2v) is 5.61. The van der Waals surface area contributed by atoms with Gasteiger partial charge in [-0.25, -0.2) is 0 Å². The van der Waals surface area contributed by atoms with Crippen LogP contribution >= 0.6 is 0 Å². The minimum absolute atomic E-state index is 0.197. The molecular formula is C18H19NO. The van der Waals surface area contributed by atoms with Gasteiger partial charge in [0.15, 0.2) is 0 Å². The first kappa shape index (κ1) is 12.9. The molecule has 0 radical (unpaired) electrons. The van der Waals surface area contributed by atoms with Crippen molar-refractivity contribution in [2.75, 3.05) is 7.05 Å². The highest BCUT2D eigenvalue weighted by molar-refractivity contribution is 5.94. The normalized spacial score (nSPS) is 21.2. The topological polar surface area (TPSA) is 20.3 Å². The van der Waals surface area contributed by atoms with Crippen LogP contribution in [-0.4, -0.2) is 23.9 Å². The molecule has 2 heteroatoms. The van der Waals surface area contributed by atoms with Crippen molar-refractivity contribution in [3.8, 4) is 0 Å². The third-order valence-corrected chi connectivity index (χ3v) is 4.48. The van der Waals surface area contributed by atoms with Crippen LogP contribution in [0.2, 0.25) is 0 Å². The molecule has 0 bridgehead atoms. The van der Waals surface area contributed by atoms with Gasteiger partial charge in [-0.1, -0.05) is 60.7 Å². The van der Waals surface area contributed by atoms with Crippen LogP contribution in [0.15, 0.2) is 60.7 Å². The number of hydrogen-bond donors (Lipinski definition) is 0. The zero-order valence-corrected chi connectivity index (χ0v) is 11.9. The molecule has 0 saturated carbocycles. The Kier molecular flexibility index (Phi) is 3.09. The summed E-state index contributed by atoms with van der Waals surface area (Å²) in [5, 5.41) is 0. The van der Waals surface area contributed by atoms with E-state index in [4.69, 9.17) is 0 Å². The van der Waals surface area contributed by atoms with Crippen molar-refractivity contribution in [1.29, 1.82) is 0 Å². The van der Waals surface area contributed by atoms with Gasteiger partial charge in [0.05, 0.1) is 0 Å². The fourth-order valence-corrected chi connectivity index (χ4v) is 3.26. The van der Waals surface area contributed by atoms with E-state index in [-0.39, 0.29) is 11.9 Å². The molecule has 3 rings (SSSR count). The maximum atomic E-state index is 13.0. The number of hydrogen-bond acceptors (Lipinski definition) is 1. The molecule has 1 aliphatic rings. The fraction of sp³-hybridized carbons (Fsp3) is 0.278. The summed E-state index contributed by atoms with van der Waals surface area (Å²) in [5.41, 5.74) is 1.65. The van der Waals surface area contributed by atoms with Gasteiger partial charge in [0, 0.05) is 13.1 Å². The summed E-state index contributed by atoms with van der Waals surface area (Å²) in [6, 6.07) is 20.5. The number of amides is 1. The average Bonchev–Trinajstić information content (AvgIpc) is 2.74. The predicted octanol–water partition coefficient (Wildman–Crippen LogP) is 3.22. The van der Waals surface area contributed by atoms with Crippen LogP contribution in [0.1, 0.15) is 24.5 Å². The summed E-state index contributed by atoms with van der Waals surface area (Å²) in [5.74, 6) is 0.197. The largest absolute Gasteiger partial charge is 0.342 e. The Morgan fingerprint density at radius 2 is 1.40 bits per heavy atom. The second kappa shape index (κ2) is 4.78. The zero-order valence-electron chi connectivity index (χ0n) is 11.9. The molecule has 2 aromatic rings. The maximum Gasteiger partial charge on any atom is 0.237 e. The lowest BCUT2D eigenvalue weighted by molar-refractivity contribution is -0.130. The van der Waals surface area contributed by atoms with Crippen molar-refractivity contribution in [2.45, 2.75) is 24.8 Å². The van der Waals surface area contributed by atoms with E-state index in [1.165, 1.54) is 0 Å². The summed E-state index contributed by atoms with van der Waals surface area (Å²) in [7, 11) is 1.90. The Labute approximate surface area is 120 Å². The molecule has 1 atom stereocenters. The molecule has 1 unspecified atom stereocenters. The van der Waals surface area contributed by atoms with Crippen molar-refractivity contribution in [3.63, 3.8) is 0 Å². The van der Waals surface area contributed by atoms with Gasteiger partial charge in [0.1, 0.15) is 5.41 Å². The fourth-order valence-electron chi connectivity index (χ4n) is 3.26. The molecule has 1 heterocycles. The van der Waals surface area contributed by atoms with Gasteiger partial charge in [0.2, 0.25) is 5.91 Å². The first-order chi connectivity index (χ1) is 9.66. The quantitative estimate of drug-likeness (QED) is 0.816. The molecule has 1 amide bonds. The molecule has 20 heavy (non-hydrogen) atoms. The van der Waals surface area contributed by atoms with Crippen molar-refractivity contribution < 1.29 is 4.79 Å². The Balaban J connectivity index is 2.22. The number of likely N-dealkylation sites (N-methyl/N-ethyl adjacent to an activating group) is 1. The van der Waals surface area contributed by atoms with Crippen LogP contribution in [0.3, 0.4) is 0 Å². The molecule has 2 aromatic carbocycles. The van der Waals surface area contributed by atoms with Gasteiger partial charge in [-0.05, 0) is 24.5 Å². The first-order valence-corrected chi connectivity index (χ1v) is 7.04. The van der Waals surface area contributed by atoms with E-state index in [2.05, 4.69) is 31.2 Å².